The summed E-state index contributed by atoms with van der Waals surface area (Å²) in [5, 5.41) is 7.97. The summed E-state index contributed by atoms with van der Waals surface area (Å²) < 4.78 is 17.3. The zero-order valence-electron chi connectivity index (χ0n) is 27.0. The molecule has 2 aromatic heterocycles. The molecule has 3 aromatic carbocycles. The molecule has 1 N–H and O–H groups in total. The van der Waals surface area contributed by atoms with Crippen LogP contribution in [0.3, 0.4) is 0 Å². The number of fused-ring (bicyclic) bond motifs is 2. The number of pyridine rings is 1. The van der Waals surface area contributed by atoms with Crippen molar-refractivity contribution in [2.75, 3.05) is 31.1 Å². The number of piperazine rings is 1. The van der Waals surface area contributed by atoms with Crippen LogP contribution < -0.4 is 10.2 Å². The number of amides is 5. The van der Waals surface area contributed by atoms with Crippen molar-refractivity contribution in [2.24, 2.45) is 0 Å². The third kappa shape index (κ3) is 5.78. The SMILES string of the molecule is O=C1CCC(N2C(=O)c3cc(F)c(N4CCN(C(=O)c5cc(-c6ccccc6)nc6c5cnn6Cc5ccc(Cl)cc5)CC4)cc3C2=O)C(=O)N1. The summed E-state index contributed by atoms with van der Waals surface area (Å²) in [6, 6.07) is 20.0. The second-order valence-electron chi connectivity index (χ2n) is 12.7. The summed E-state index contributed by atoms with van der Waals surface area (Å²) >= 11 is 6.08. The number of hydrogen-bond acceptors (Lipinski definition) is 8. The molecule has 1 unspecified atom stereocenters. The summed E-state index contributed by atoms with van der Waals surface area (Å²) in [4.78, 5) is 73.9. The molecule has 0 bridgehead atoms. The number of hydrogen-bond donors (Lipinski definition) is 1. The average molecular weight is 706 g/mol. The predicted molar refractivity (Wildman–Crippen MR) is 185 cm³/mol. The first-order valence-corrected chi connectivity index (χ1v) is 16.8. The minimum absolute atomic E-state index is 0.00121. The van der Waals surface area contributed by atoms with E-state index >= 15 is 4.39 Å². The van der Waals surface area contributed by atoms with Crippen LogP contribution in [-0.2, 0) is 16.1 Å². The lowest BCUT2D eigenvalue weighted by molar-refractivity contribution is -0.136. The average Bonchev–Trinajstić information content (AvgIpc) is 3.65. The molecular formula is C37H29ClFN7O5. The van der Waals surface area contributed by atoms with Gasteiger partial charge in [-0.1, -0.05) is 54.1 Å². The van der Waals surface area contributed by atoms with Gasteiger partial charge < -0.3 is 9.80 Å². The fraction of sp³-hybridized carbons (Fsp3) is 0.216. The normalized spacial score (nSPS) is 17.7. The maximum atomic E-state index is 15.6. The number of anilines is 1. The number of nitrogens with zero attached hydrogens (tertiary/aromatic N) is 6. The Morgan fingerprint density at radius 3 is 2.31 bits per heavy atom. The Balaban J connectivity index is 1.04. The van der Waals surface area contributed by atoms with Gasteiger partial charge >= 0.3 is 0 Å². The quantitative estimate of drug-likeness (QED) is 0.258. The lowest BCUT2D eigenvalue weighted by Crippen LogP contribution is -2.54. The first-order valence-electron chi connectivity index (χ1n) is 16.4. The first kappa shape index (κ1) is 32.3. The molecule has 0 aliphatic carbocycles. The van der Waals surface area contributed by atoms with Gasteiger partial charge in [-0.15, -0.1) is 0 Å². The smallest absolute Gasteiger partial charge is 0.262 e. The van der Waals surface area contributed by atoms with Gasteiger partial charge in [0.2, 0.25) is 11.8 Å². The van der Waals surface area contributed by atoms with Crippen LogP contribution in [0.2, 0.25) is 5.02 Å². The number of carbonyl (C=O) groups excluding carboxylic acids is 5. The van der Waals surface area contributed by atoms with Crippen molar-refractivity contribution >= 4 is 57.9 Å². The van der Waals surface area contributed by atoms with E-state index in [-0.39, 0.29) is 61.7 Å². The van der Waals surface area contributed by atoms with Crippen molar-refractivity contribution in [3.63, 3.8) is 0 Å². The highest BCUT2D eigenvalue weighted by Gasteiger charge is 2.45. The molecule has 3 aliphatic heterocycles. The number of carbonyl (C=O) groups is 5. The van der Waals surface area contributed by atoms with E-state index < -0.39 is 35.5 Å². The number of aromatic nitrogens is 3. The molecule has 256 valence electrons. The fourth-order valence-corrected chi connectivity index (χ4v) is 7.03. The van der Waals surface area contributed by atoms with Crippen molar-refractivity contribution in [3.05, 3.63) is 112 Å². The van der Waals surface area contributed by atoms with E-state index in [1.165, 1.54) is 6.07 Å². The van der Waals surface area contributed by atoms with Crippen molar-refractivity contribution < 1.29 is 28.4 Å². The van der Waals surface area contributed by atoms with E-state index in [2.05, 4.69) is 10.4 Å². The molecule has 5 amide bonds. The molecule has 0 radical (unpaired) electrons. The van der Waals surface area contributed by atoms with Crippen LogP contribution in [-0.4, -0.2) is 86.3 Å². The highest BCUT2D eigenvalue weighted by Crippen LogP contribution is 2.34. The molecular weight excluding hydrogens is 677 g/mol. The van der Waals surface area contributed by atoms with E-state index in [9.17, 15) is 24.0 Å². The summed E-state index contributed by atoms with van der Waals surface area (Å²) in [5.41, 5.74) is 3.40. The summed E-state index contributed by atoms with van der Waals surface area (Å²) in [6.07, 6.45) is 1.63. The number of piperidine rings is 1. The van der Waals surface area contributed by atoms with Gasteiger partial charge in [-0.05, 0) is 42.3 Å². The van der Waals surface area contributed by atoms with Gasteiger partial charge in [0.15, 0.2) is 5.65 Å². The third-order valence-corrected chi connectivity index (χ3v) is 9.82. The molecule has 1 atom stereocenters. The summed E-state index contributed by atoms with van der Waals surface area (Å²) in [7, 11) is 0. The summed E-state index contributed by atoms with van der Waals surface area (Å²) in [6.45, 7) is 1.46. The van der Waals surface area contributed by atoms with Crippen LogP contribution in [0.15, 0.2) is 79.0 Å². The molecule has 14 heteroatoms. The van der Waals surface area contributed by atoms with E-state index in [4.69, 9.17) is 16.6 Å². The van der Waals surface area contributed by atoms with Gasteiger partial charge in [0, 0.05) is 43.2 Å². The monoisotopic (exact) mass is 705 g/mol. The molecule has 12 nitrogen and oxygen atoms in total. The Labute approximate surface area is 295 Å². The molecule has 5 aromatic rings. The third-order valence-electron chi connectivity index (χ3n) is 9.57. The Morgan fingerprint density at radius 2 is 1.61 bits per heavy atom. The molecule has 2 saturated heterocycles. The second-order valence-corrected chi connectivity index (χ2v) is 13.1. The van der Waals surface area contributed by atoms with E-state index in [1.54, 1.807) is 26.7 Å². The van der Waals surface area contributed by atoms with Gasteiger partial charge in [0.1, 0.15) is 11.9 Å². The van der Waals surface area contributed by atoms with E-state index in [0.29, 0.717) is 33.9 Å². The molecule has 8 rings (SSSR count). The number of benzene rings is 3. The Bertz CT molecular complexity index is 2270. The minimum Gasteiger partial charge on any atom is -0.366 e. The maximum absolute atomic E-state index is 15.6. The molecule has 5 heterocycles. The van der Waals surface area contributed by atoms with Gasteiger partial charge in [0.25, 0.3) is 17.7 Å². The highest BCUT2D eigenvalue weighted by atomic mass is 35.5. The van der Waals surface area contributed by atoms with Crippen LogP contribution in [0.5, 0.6) is 0 Å². The molecule has 2 fully saturated rings. The topological polar surface area (TPSA) is 138 Å². The van der Waals surface area contributed by atoms with Crippen molar-refractivity contribution in [1.82, 2.24) is 29.9 Å². The van der Waals surface area contributed by atoms with Gasteiger partial charge in [-0.25, -0.2) is 14.1 Å². The van der Waals surface area contributed by atoms with Crippen molar-refractivity contribution in [1.29, 1.82) is 0 Å². The van der Waals surface area contributed by atoms with E-state index in [1.807, 2.05) is 54.6 Å². The predicted octanol–water partition coefficient (Wildman–Crippen LogP) is 4.30. The molecule has 0 saturated carbocycles. The first-order chi connectivity index (χ1) is 24.7. The lowest BCUT2D eigenvalue weighted by atomic mass is 10.0. The maximum Gasteiger partial charge on any atom is 0.262 e. The summed E-state index contributed by atoms with van der Waals surface area (Å²) in [5.74, 6) is -3.63. The van der Waals surface area contributed by atoms with Crippen LogP contribution in [0.4, 0.5) is 10.1 Å². The van der Waals surface area contributed by atoms with Gasteiger partial charge in [-0.3, -0.25) is 34.2 Å². The van der Waals surface area contributed by atoms with Crippen LogP contribution in [0.1, 0.15) is 49.5 Å². The second kappa shape index (κ2) is 12.7. The number of nitrogens with one attached hydrogen (secondary N) is 1. The minimum atomic E-state index is -1.15. The van der Waals surface area contributed by atoms with E-state index in [0.717, 1.165) is 22.1 Å². The highest BCUT2D eigenvalue weighted by molar-refractivity contribution is 6.30. The van der Waals surface area contributed by atoms with Crippen LogP contribution in [0.25, 0.3) is 22.3 Å². The molecule has 0 spiro atoms. The number of rotatable bonds is 6. The van der Waals surface area contributed by atoms with Crippen molar-refractivity contribution in [3.8, 4) is 11.3 Å². The molecule has 51 heavy (non-hydrogen) atoms. The van der Waals surface area contributed by atoms with Gasteiger partial charge in [-0.2, -0.15) is 5.10 Å². The number of imide groups is 2. The zero-order chi connectivity index (χ0) is 35.4. The fourth-order valence-electron chi connectivity index (χ4n) is 6.90. The standard InChI is InChI=1S/C37H29ClFN7O5/c38-23-8-6-21(7-9-23)20-45-33-27(19-40-45)25(17-29(41-33)22-4-2-1-3-5-22)35(49)44-14-12-43(13-15-44)31-18-26-24(16-28(31)39)36(50)46(37(26)51)30-10-11-32(47)42-34(30)48/h1-9,16-19,30H,10-15,20H2,(H,42,47,48). The zero-order valence-corrected chi connectivity index (χ0v) is 27.8. The molecule has 3 aliphatic rings. The largest absolute Gasteiger partial charge is 0.366 e. The van der Waals surface area contributed by atoms with Crippen LogP contribution in [0, 0.1) is 5.82 Å². The van der Waals surface area contributed by atoms with Crippen LogP contribution >= 0.6 is 11.6 Å². The lowest BCUT2D eigenvalue weighted by Gasteiger charge is -2.36. The Morgan fingerprint density at radius 1 is 0.902 bits per heavy atom. The Hall–Kier alpha value is -5.95. The number of halogens is 2. The van der Waals surface area contributed by atoms with Crippen molar-refractivity contribution in [2.45, 2.75) is 25.4 Å². The Kier molecular flexibility index (Phi) is 8.06. The van der Waals surface area contributed by atoms with Gasteiger partial charge in [0.05, 0.1) is 46.2 Å².